The topological polar surface area (TPSA) is 358 Å². The van der Waals surface area contributed by atoms with E-state index in [1.807, 2.05) is 105 Å². The van der Waals surface area contributed by atoms with Crippen molar-refractivity contribution in [1.29, 1.82) is 0 Å². The molecule has 0 aliphatic carbocycles. The highest BCUT2D eigenvalue weighted by molar-refractivity contribution is 5.92. The number of aliphatic hydroxyl groups is 2. The summed E-state index contributed by atoms with van der Waals surface area (Å²) in [4.78, 5) is 34.8. The number of halogens is 3. The standard InChI is InChI=1S/C18H20F3N5O.2C17H22N6.C17H21N5O/c1-10(2)8-11(27)9-23-14-6-5-13(18(19,20)21)16(24-14)15-12-4-3-7-22-17(12)26-25-15;1-11(2)9-12(18)10-20-15-7-3-6-14(21-15)16-13-5-4-8-19-17(13)23-22-16;1-11(2)9-12(10-18)20-15-7-3-6-14(21-15)16-13-5-4-8-19-17(13)23-22-16;1-11(2)9-12(23)10-19-15-7-3-6-14(20-15)16-13-5-4-8-18-17(13)22-21-16/h3-7,10-11,27H,8-9H2,1-2H3,(H,23,24)(H,22,25,26);2*3-8,11-12H,9-10,18H2,1-2H3,(H,20,21)(H,19,22,23);3-8,11-12,23H,9-10H2,1-2H3,(H,19,20)(H,18,21,22)/t;2*12-;/m.00./s1. The lowest BCUT2D eigenvalue weighted by atomic mass is 10.0. The van der Waals surface area contributed by atoms with Crippen molar-refractivity contribution in [2.24, 2.45) is 35.1 Å². The number of fused-ring (bicyclic) bond motifs is 4. The molecule has 12 aromatic rings. The molecule has 2 unspecified atom stereocenters. The first-order valence-electron chi connectivity index (χ1n) is 32.2. The highest BCUT2D eigenvalue weighted by atomic mass is 19.4. The van der Waals surface area contributed by atoms with E-state index in [9.17, 15) is 23.4 Å². The van der Waals surface area contributed by atoms with Crippen molar-refractivity contribution < 1.29 is 23.4 Å². The molecule has 504 valence electrons. The summed E-state index contributed by atoms with van der Waals surface area (Å²) in [5, 5.41) is 64.3. The average molecular weight is 1310 g/mol. The van der Waals surface area contributed by atoms with E-state index >= 15 is 0 Å². The number of nitrogens with two attached hydrogens (primary N) is 2. The number of aliphatic hydroxyl groups excluding tert-OH is 2. The molecule has 0 aliphatic heterocycles. The second-order valence-electron chi connectivity index (χ2n) is 25.0. The predicted molar refractivity (Wildman–Crippen MR) is 373 cm³/mol. The first-order valence-corrected chi connectivity index (χ1v) is 32.2. The fourth-order valence-electron chi connectivity index (χ4n) is 10.8. The monoisotopic (exact) mass is 1310 g/mol. The van der Waals surface area contributed by atoms with Crippen LogP contribution in [0.25, 0.3) is 89.7 Å². The summed E-state index contributed by atoms with van der Waals surface area (Å²) >= 11 is 0. The summed E-state index contributed by atoms with van der Waals surface area (Å²) in [6.07, 6.45) is 4.48. The number of aromatic nitrogens is 16. The number of nitrogens with zero attached hydrogens (tertiary/aromatic N) is 12. The maximum Gasteiger partial charge on any atom is 0.418 e. The summed E-state index contributed by atoms with van der Waals surface area (Å²) in [6, 6.07) is 35.0. The number of hydrogen-bond donors (Lipinski definition) is 12. The zero-order valence-corrected chi connectivity index (χ0v) is 55.1. The number of rotatable bonds is 24. The Morgan fingerprint density at radius 1 is 0.427 bits per heavy atom. The van der Waals surface area contributed by atoms with Gasteiger partial charge < -0.3 is 42.9 Å². The second-order valence-corrected chi connectivity index (χ2v) is 25.0. The molecule has 0 saturated heterocycles. The van der Waals surface area contributed by atoms with Crippen molar-refractivity contribution in [1.82, 2.24) is 80.7 Å². The van der Waals surface area contributed by atoms with Crippen LogP contribution in [0.3, 0.4) is 0 Å². The molecule has 0 amide bonds. The van der Waals surface area contributed by atoms with Crippen LogP contribution in [0.1, 0.15) is 86.6 Å². The molecular formula is C69H85F3N22O2. The van der Waals surface area contributed by atoms with Gasteiger partial charge in [0.15, 0.2) is 22.6 Å². The van der Waals surface area contributed by atoms with E-state index in [0.717, 1.165) is 93.1 Å². The summed E-state index contributed by atoms with van der Waals surface area (Å²) in [5.74, 6) is 4.57. The lowest BCUT2D eigenvalue weighted by Crippen LogP contribution is -2.30. The molecule has 0 saturated carbocycles. The third kappa shape index (κ3) is 19.5. The van der Waals surface area contributed by atoms with Crippen LogP contribution < -0.4 is 32.7 Å². The summed E-state index contributed by atoms with van der Waals surface area (Å²) in [6.45, 7) is 18.9. The Morgan fingerprint density at radius 2 is 0.792 bits per heavy atom. The van der Waals surface area contributed by atoms with Gasteiger partial charge in [-0.25, -0.2) is 39.9 Å². The molecule has 0 aliphatic rings. The Kier molecular flexibility index (Phi) is 24.4. The minimum atomic E-state index is -4.57. The Morgan fingerprint density at radius 3 is 1.19 bits per heavy atom. The zero-order valence-electron chi connectivity index (χ0n) is 55.1. The molecule has 12 rings (SSSR count). The molecule has 24 nitrogen and oxygen atoms in total. The molecule has 12 aromatic heterocycles. The van der Waals surface area contributed by atoms with Gasteiger partial charge >= 0.3 is 6.18 Å². The van der Waals surface area contributed by atoms with E-state index in [0.29, 0.717) is 77.7 Å². The lowest BCUT2D eigenvalue weighted by molar-refractivity contribution is -0.137. The third-order valence-electron chi connectivity index (χ3n) is 15.0. The van der Waals surface area contributed by atoms with Crippen LogP contribution in [0.4, 0.5) is 36.4 Å². The van der Waals surface area contributed by atoms with E-state index in [1.165, 1.54) is 12.3 Å². The summed E-state index contributed by atoms with van der Waals surface area (Å²) in [5.41, 5.74) is 18.4. The van der Waals surface area contributed by atoms with Gasteiger partial charge in [0.25, 0.3) is 0 Å². The predicted octanol–water partition coefficient (Wildman–Crippen LogP) is 12.3. The van der Waals surface area contributed by atoms with Crippen molar-refractivity contribution in [2.45, 2.75) is 112 Å². The van der Waals surface area contributed by atoms with E-state index in [1.54, 1.807) is 30.7 Å². The summed E-state index contributed by atoms with van der Waals surface area (Å²) < 4.78 is 40.4. The molecule has 0 spiro atoms. The maximum absolute atomic E-state index is 13.5. The molecule has 12 heterocycles. The van der Waals surface area contributed by atoms with Crippen molar-refractivity contribution in [3.63, 3.8) is 0 Å². The number of pyridine rings is 8. The molecule has 96 heavy (non-hydrogen) atoms. The third-order valence-corrected chi connectivity index (χ3v) is 15.0. The minimum absolute atomic E-state index is 0.123. The van der Waals surface area contributed by atoms with Crippen molar-refractivity contribution in [3.05, 3.63) is 146 Å². The molecule has 0 bridgehead atoms. The highest BCUT2D eigenvalue weighted by Crippen LogP contribution is 2.38. The number of hydrogen-bond acceptors (Lipinski definition) is 20. The van der Waals surface area contributed by atoms with E-state index < -0.39 is 17.8 Å². The molecule has 4 atom stereocenters. The van der Waals surface area contributed by atoms with Gasteiger partial charge in [0.1, 0.15) is 29.0 Å². The maximum atomic E-state index is 13.5. The molecule has 0 fully saturated rings. The Hall–Kier alpha value is -10.1. The van der Waals surface area contributed by atoms with Crippen LogP contribution in [-0.2, 0) is 6.18 Å². The number of alkyl halides is 3. The normalized spacial score (nSPS) is 12.9. The first kappa shape index (κ1) is 70.2. The van der Waals surface area contributed by atoms with Crippen molar-refractivity contribution in [2.75, 3.05) is 47.4 Å². The van der Waals surface area contributed by atoms with Gasteiger partial charge in [-0.15, -0.1) is 0 Å². The van der Waals surface area contributed by atoms with E-state index in [-0.39, 0.29) is 41.9 Å². The highest BCUT2D eigenvalue weighted by Gasteiger charge is 2.36. The number of H-pyrrole nitrogens is 4. The molecule has 27 heteroatoms. The van der Waals surface area contributed by atoms with Crippen molar-refractivity contribution >= 4 is 67.4 Å². The van der Waals surface area contributed by atoms with Gasteiger partial charge in [-0.2, -0.15) is 33.6 Å². The Labute approximate surface area is 554 Å². The fraction of sp³-hybridized carbons (Fsp3) is 0.362. The van der Waals surface area contributed by atoms with Gasteiger partial charge in [-0.3, -0.25) is 20.4 Å². The largest absolute Gasteiger partial charge is 0.418 e. The van der Waals surface area contributed by atoms with Crippen LogP contribution in [0.2, 0.25) is 0 Å². The van der Waals surface area contributed by atoms with Gasteiger partial charge in [-0.1, -0.05) is 73.6 Å². The van der Waals surface area contributed by atoms with Gasteiger partial charge in [-0.05, 0) is 146 Å². The zero-order chi connectivity index (χ0) is 68.3. The van der Waals surface area contributed by atoms with Gasteiger partial charge in [0.2, 0.25) is 0 Å². The van der Waals surface area contributed by atoms with E-state index in [2.05, 4.69) is 138 Å². The lowest BCUT2D eigenvalue weighted by Gasteiger charge is -2.19. The van der Waals surface area contributed by atoms with Gasteiger partial charge in [0.05, 0.1) is 57.6 Å². The van der Waals surface area contributed by atoms with Gasteiger partial charge in [0, 0.05) is 84.6 Å². The average Bonchev–Trinajstić information content (AvgIpc) is 1.58. The Bertz CT molecular complexity index is 4240. The van der Waals surface area contributed by atoms with Crippen LogP contribution >= 0.6 is 0 Å². The number of anilines is 4. The number of aromatic amines is 4. The minimum Gasteiger partial charge on any atom is -0.391 e. The van der Waals surface area contributed by atoms with Crippen LogP contribution in [0.15, 0.2) is 140 Å². The summed E-state index contributed by atoms with van der Waals surface area (Å²) in [7, 11) is 0. The number of nitrogens with one attached hydrogen (secondary N) is 8. The fourth-order valence-corrected chi connectivity index (χ4v) is 10.8. The Balaban J connectivity index is 0.000000151. The quantitative estimate of drug-likeness (QED) is 0.0267. The molecule has 0 aromatic carbocycles. The smallest absolute Gasteiger partial charge is 0.391 e. The van der Waals surface area contributed by atoms with E-state index in [4.69, 9.17) is 16.5 Å². The first-order chi connectivity index (χ1) is 46.2. The molecule has 14 N–H and O–H groups in total. The molecule has 0 radical (unpaired) electrons. The van der Waals surface area contributed by atoms with Crippen LogP contribution in [-0.4, -0.2) is 141 Å². The van der Waals surface area contributed by atoms with Crippen LogP contribution in [0, 0.1) is 23.7 Å². The molecular weight excluding hydrogens is 1230 g/mol. The second kappa shape index (κ2) is 33.3. The van der Waals surface area contributed by atoms with Crippen molar-refractivity contribution in [3.8, 4) is 45.6 Å². The SMILES string of the molecule is CC(C)CC(O)CNc1ccc(C(F)(F)F)c(-c2[nH]nc3ncccc23)n1.CC(C)CC(O)CNc1cccc(-c2[nH]nc3ncccc23)n1.CC(C)C[C@@H](CN)Nc1cccc(-c2[nH]nc3ncccc23)n1.CC(C)C[C@H](N)CNc1cccc(-c2[nH]nc3ncccc23)n1. The van der Waals surface area contributed by atoms with Crippen LogP contribution in [0.5, 0.6) is 0 Å².